The minimum Gasteiger partial charge on any atom is -0.361 e. The molecule has 26 heavy (non-hydrogen) atoms. The van der Waals surface area contributed by atoms with Crippen LogP contribution in [0.1, 0.15) is 17.5 Å². The number of fused-ring (bicyclic) bond motifs is 1. The van der Waals surface area contributed by atoms with Gasteiger partial charge >= 0.3 is 0 Å². The van der Waals surface area contributed by atoms with E-state index in [2.05, 4.69) is 23.2 Å². The zero-order chi connectivity index (χ0) is 18.0. The van der Waals surface area contributed by atoms with Crippen molar-refractivity contribution >= 4 is 26.5 Å². The van der Waals surface area contributed by atoms with Gasteiger partial charge in [0.05, 0.1) is 5.75 Å². The monoisotopic (exact) mass is 366 g/mol. The minimum absolute atomic E-state index is 0.160. The van der Waals surface area contributed by atoms with Crippen LogP contribution in [0.2, 0.25) is 0 Å². The number of H-pyrrole nitrogens is 1. The van der Waals surface area contributed by atoms with Gasteiger partial charge in [-0.1, -0.05) is 54.6 Å². The zero-order valence-corrected chi connectivity index (χ0v) is 15.4. The summed E-state index contributed by atoms with van der Waals surface area (Å²) in [5.74, 6) is 0.160. The van der Waals surface area contributed by atoms with E-state index in [1.54, 1.807) is 4.31 Å². The van der Waals surface area contributed by atoms with E-state index in [-0.39, 0.29) is 5.75 Å². The molecule has 1 aliphatic rings. The van der Waals surface area contributed by atoms with Crippen LogP contribution in [0.5, 0.6) is 0 Å². The summed E-state index contributed by atoms with van der Waals surface area (Å²) in [6, 6.07) is 18.0. The number of hydrogen-bond donors (Lipinski definition) is 1. The molecule has 1 N–H and O–H groups in total. The molecule has 3 aromatic rings. The van der Waals surface area contributed by atoms with Crippen molar-refractivity contribution in [1.82, 2.24) is 9.29 Å². The van der Waals surface area contributed by atoms with Crippen molar-refractivity contribution in [3.05, 3.63) is 78.0 Å². The molecule has 5 heteroatoms. The standard InChI is InChI=1S/C21H22N2O2S/c24-26(25,15-12-17-6-2-1-3-7-17)23-13-10-18(11-14-23)20-16-22-21-9-5-4-8-19(20)21/h1-10,16,22H,11-15H2. The molecule has 2 heterocycles. The van der Waals surface area contributed by atoms with Gasteiger partial charge in [-0.2, -0.15) is 4.31 Å². The fourth-order valence-corrected chi connectivity index (χ4v) is 4.93. The average molecular weight is 366 g/mol. The Labute approximate surface area is 154 Å². The normalized spacial score (nSPS) is 15.9. The van der Waals surface area contributed by atoms with Gasteiger partial charge in [0.15, 0.2) is 0 Å². The van der Waals surface area contributed by atoms with Gasteiger partial charge in [-0.15, -0.1) is 0 Å². The Morgan fingerprint density at radius 2 is 1.77 bits per heavy atom. The summed E-state index contributed by atoms with van der Waals surface area (Å²) in [6.45, 7) is 0.994. The Bertz CT molecular complexity index is 1040. The van der Waals surface area contributed by atoms with Gasteiger partial charge in [0.1, 0.15) is 0 Å². The average Bonchev–Trinajstić information content (AvgIpc) is 3.12. The Hall–Kier alpha value is -2.37. The van der Waals surface area contributed by atoms with Gasteiger partial charge in [0.25, 0.3) is 0 Å². The summed E-state index contributed by atoms with van der Waals surface area (Å²) >= 11 is 0. The van der Waals surface area contributed by atoms with E-state index >= 15 is 0 Å². The summed E-state index contributed by atoms with van der Waals surface area (Å²) < 4.78 is 26.9. The Balaban J connectivity index is 1.46. The van der Waals surface area contributed by atoms with Crippen LogP contribution >= 0.6 is 0 Å². The SMILES string of the molecule is O=S(=O)(CCc1ccccc1)N1CC=C(c2c[nH]c3ccccc23)CC1. The van der Waals surface area contributed by atoms with Crippen LogP contribution in [0.3, 0.4) is 0 Å². The molecule has 0 radical (unpaired) electrons. The molecular formula is C21H22N2O2S. The quantitative estimate of drug-likeness (QED) is 0.746. The number of nitrogens with one attached hydrogen (secondary N) is 1. The van der Waals surface area contributed by atoms with Crippen molar-refractivity contribution in [2.75, 3.05) is 18.8 Å². The third-order valence-electron chi connectivity index (χ3n) is 4.99. The maximum Gasteiger partial charge on any atom is 0.214 e. The van der Waals surface area contributed by atoms with Gasteiger partial charge < -0.3 is 4.98 Å². The number of nitrogens with zero attached hydrogens (tertiary/aromatic N) is 1. The van der Waals surface area contributed by atoms with Gasteiger partial charge in [-0.3, -0.25) is 0 Å². The second kappa shape index (κ2) is 7.09. The molecule has 2 aromatic carbocycles. The van der Waals surface area contributed by atoms with Gasteiger partial charge in [-0.25, -0.2) is 8.42 Å². The molecule has 0 saturated heterocycles. The zero-order valence-electron chi connectivity index (χ0n) is 14.6. The number of benzene rings is 2. The lowest BCUT2D eigenvalue weighted by molar-refractivity contribution is 0.441. The van der Waals surface area contributed by atoms with Gasteiger partial charge in [-0.05, 0) is 30.0 Å². The van der Waals surface area contributed by atoms with Crippen LogP contribution in [-0.4, -0.2) is 36.5 Å². The van der Waals surface area contributed by atoms with Gasteiger partial charge in [0, 0.05) is 35.8 Å². The van der Waals surface area contributed by atoms with E-state index in [0.717, 1.165) is 17.5 Å². The van der Waals surface area contributed by atoms with Crippen molar-refractivity contribution in [3.63, 3.8) is 0 Å². The Morgan fingerprint density at radius 3 is 2.54 bits per heavy atom. The molecule has 0 saturated carbocycles. The molecule has 0 aliphatic carbocycles. The van der Waals surface area contributed by atoms with Crippen LogP contribution in [0.15, 0.2) is 66.9 Å². The Kier molecular flexibility index (Phi) is 4.66. The summed E-state index contributed by atoms with van der Waals surface area (Å²) in [5.41, 5.74) is 4.57. The third kappa shape index (κ3) is 3.45. The number of para-hydroxylation sites is 1. The molecule has 0 unspecified atom stereocenters. The van der Waals surface area contributed by atoms with E-state index in [1.807, 2.05) is 48.7 Å². The highest BCUT2D eigenvalue weighted by atomic mass is 32.2. The number of aryl methyl sites for hydroxylation is 1. The summed E-state index contributed by atoms with van der Waals surface area (Å²) in [5, 5.41) is 1.19. The second-order valence-corrected chi connectivity index (χ2v) is 8.73. The van der Waals surface area contributed by atoms with Crippen LogP contribution in [0.25, 0.3) is 16.5 Å². The van der Waals surface area contributed by atoms with Crippen molar-refractivity contribution in [1.29, 1.82) is 0 Å². The summed E-state index contributed by atoms with van der Waals surface area (Å²) in [4.78, 5) is 3.29. The fraction of sp³-hybridized carbons (Fsp3) is 0.238. The fourth-order valence-electron chi connectivity index (χ4n) is 3.51. The first-order chi connectivity index (χ1) is 12.6. The first-order valence-electron chi connectivity index (χ1n) is 8.91. The van der Waals surface area contributed by atoms with Crippen molar-refractivity contribution in [2.24, 2.45) is 0 Å². The highest BCUT2D eigenvalue weighted by molar-refractivity contribution is 7.89. The molecular weight excluding hydrogens is 344 g/mol. The molecule has 1 aliphatic heterocycles. The maximum absolute atomic E-state index is 12.7. The van der Waals surface area contributed by atoms with Crippen molar-refractivity contribution < 1.29 is 8.42 Å². The number of aromatic nitrogens is 1. The highest BCUT2D eigenvalue weighted by Crippen LogP contribution is 2.29. The van der Waals surface area contributed by atoms with Crippen molar-refractivity contribution in [3.8, 4) is 0 Å². The molecule has 0 amide bonds. The molecule has 0 atom stereocenters. The van der Waals surface area contributed by atoms with E-state index in [9.17, 15) is 8.42 Å². The minimum atomic E-state index is -3.24. The first-order valence-corrected chi connectivity index (χ1v) is 10.5. The maximum atomic E-state index is 12.7. The molecule has 134 valence electrons. The molecule has 0 bridgehead atoms. The van der Waals surface area contributed by atoms with Crippen LogP contribution in [0.4, 0.5) is 0 Å². The van der Waals surface area contributed by atoms with E-state index < -0.39 is 10.0 Å². The van der Waals surface area contributed by atoms with E-state index in [0.29, 0.717) is 19.5 Å². The smallest absolute Gasteiger partial charge is 0.214 e. The number of rotatable bonds is 5. The lowest BCUT2D eigenvalue weighted by Crippen LogP contribution is -2.36. The lowest BCUT2D eigenvalue weighted by Gasteiger charge is -2.26. The number of hydrogen-bond acceptors (Lipinski definition) is 2. The van der Waals surface area contributed by atoms with Crippen molar-refractivity contribution in [2.45, 2.75) is 12.8 Å². The molecule has 4 nitrogen and oxygen atoms in total. The van der Waals surface area contributed by atoms with E-state index in [1.165, 1.54) is 16.5 Å². The number of aromatic amines is 1. The molecule has 4 rings (SSSR count). The lowest BCUT2D eigenvalue weighted by atomic mass is 10.00. The van der Waals surface area contributed by atoms with Gasteiger partial charge in [0.2, 0.25) is 10.0 Å². The summed E-state index contributed by atoms with van der Waals surface area (Å²) in [7, 11) is -3.24. The van der Waals surface area contributed by atoms with E-state index in [4.69, 9.17) is 0 Å². The predicted molar refractivity (Wildman–Crippen MR) is 106 cm³/mol. The molecule has 1 aromatic heterocycles. The third-order valence-corrected chi connectivity index (χ3v) is 6.83. The van der Waals surface area contributed by atoms with Crippen LogP contribution in [-0.2, 0) is 16.4 Å². The summed E-state index contributed by atoms with van der Waals surface area (Å²) in [6.07, 6.45) is 5.38. The predicted octanol–water partition coefficient (Wildman–Crippen LogP) is 3.83. The van der Waals surface area contributed by atoms with Crippen LogP contribution in [0, 0.1) is 0 Å². The largest absolute Gasteiger partial charge is 0.361 e. The first kappa shape index (κ1) is 17.1. The topological polar surface area (TPSA) is 53.2 Å². The van der Waals surface area contributed by atoms with Crippen LogP contribution < -0.4 is 0 Å². The Morgan fingerprint density at radius 1 is 1.00 bits per heavy atom. The molecule has 0 spiro atoms. The molecule has 0 fully saturated rings. The highest BCUT2D eigenvalue weighted by Gasteiger charge is 2.24. The second-order valence-electron chi connectivity index (χ2n) is 6.64. The number of sulfonamides is 1.